The molecule has 7 heteroatoms. The van der Waals surface area contributed by atoms with Crippen LogP contribution in [0, 0.1) is 6.92 Å². The number of piperidine rings is 1. The number of aryl methyl sites for hydroxylation is 1. The van der Waals surface area contributed by atoms with Crippen LogP contribution < -0.4 is 10.1 Å². The molecule has 0 saturated carbocycles. The summed E-state index contributed by atoms with van der Waals surface area (Å²) in [5.41, 5.74) is 1.64. The highest BCUT2D eigenvalue weighted by atomic mass is 35.5. The minimum atomic E-state index is -0.102. The Labute approximate surface area is 174 Å². The maximum atomic E-state index is 12.4. The molecule has 1 aliphatic rings. The lowest BCUT2D eigenvalue weighted by Crippen LogP contribution is -2.47. The molecule has 1 aliphatic heterocycles. The molecule has 0 bridgehead atoms. The van der Waals surface area contributed by atoms with Crippen LogP contribution in [0.4, 0.5) is 0 Å². The van der Waals surface area contributed by atoms with Crippen LogP contribution in [0.25, 0.3) is 0 Å². The minimum Gasteiger partial charge on any atom is -0.482 e. The SMILES string of the molecule is Cc1ccccc1C(=O)NC1CCN(C(=O)COc2ccc(Cl)cc2Cl)CC1. The molecule has 3 rings (SSSR count). The molecule has 0 radical (unpaired) electrons. The summed E-state index contributed by atoms with van der Waals surface area (Å²) < 4.78 is 5.52. The van der Waals surface area contributed by atoms with Crippen molar-refractivity contribution in [1.82, 2.24) is 10.2 Å². The first-order valence-corrected chi connectivity index (χ1v) is 9.92. The molecular weight excluding hydrogens is 399 g/mol. The Morgan fingerprint density at radius 1 is 1.14 bits per heavy atom. The number of benzene rings is 2. The van der Waals surface area contributed by atoms with E-state index in [1.807, 2.05) is 31.2 Å². The number of nitrogens with zero attached hydrogens (tertiary/aromatic N) is 1. The van der Waals surface area contributed by atoms with Crippen LogP contribution in [0.3, 0.4) is 0 Å². The van der Waals surface area contributed by atoms with E-state index < -0.39 is 0 Å². The van der Waals surface area contributed by atoms with Crippen LogP contribution in [0.2, 0.25) is 10.0 Å². The average Bonchev–Trinajstić information content (AvgIpc) is 2.68. The van der Waals surface area contributed by atoms with Crippen molar-refractivity contribution in [2.75, 3.05) is 19.7 Å². The topological polar surface area (TPSA) is 58.6 Å². The first-order chi connectivity index (χ1) is 13.4. The molecule has 148 valence electrons. The molecule has 1 saturated heterocycles. The molecule has 28 heavy (non-hydrogen) atoms. The summed E-state index contributed by atoms with van der Waals surface area (Å²) in [4.78, 5) is 26.6. The molecule has 0 spiro atoms. The van der Waals surface area contributed by atoms with Crippen LogP contribution in [-0.2, 0) is 4.79 Å². The molecule has 0 aliphatic carbocycles. The number of hydrogen-bond donors (Lipinski definition) is 1. The second-order valence-electron chi connectivity index (χ2n) is 6.81. The van der Waals surface area contributed by atoms with Crippen LogP contribution in [0.15, 0.2) is 42.5 Å². The van der Waals surface area contributed by atoms with Gasteiger partial charge in [0.25, 0.3) is 11.8 Å². The Bertz CT molecular complexity index is 864. The summed E-state index contributed by atoms with van der Waals surface area (Å²) in [5, 5.41) is 3.95. The largest absolute Gasteiger partial charge is 0.482 e. The van der Waals surface area contributed by atoms with Crippen molar-refractivity contribution in [2.45, 2.75) is 25.8 Å². The molecule has 1 fully saturated rings. The first kappa shape index (κ1) is 20.5. The third kappa shape index (κ3) is 5.18. The van der Waals surface area contributed by atoms with Gasteiger partial charge >= 0.3 is 0 Å². The van der Waals surface area contributed by atoms with Gasteiger partial charge in [-0.15, -0.1) is 0 Å². The number of hydrogen-bond acceptors (Lipinski definition) is 3. The van der Waals surface area contributed by atoms with Crippen molar-refractivity contribution in [3.8, 4) is 5.75 Å². The van der Waals surface area contributed by atoms with E-state index in [2.05, 4.69) is 5.32 Å². The predicted octanol–water partition coefficient (Wildman–Crippen LogP) is 4.10. The van der Waals surface area contributed by atoms with Gasteiger partial charge in [-0.1, -0.05) is 41.4 Å². The van der Waals surface area contributed by atoms with E-state index in [-0.39, 0.29) is 24.5 Å². The van der Waals surface area contributed by atoms with Crippen LogP contribution in [0.1, 0.15) is 28.8 Å². The van der Waals surface area contributed by atoms with E-state index in [0.717, 1.165) is 5.56 Å². The average molecular weight is 421 g/mol. The molecular formula is C21H22Cl2N2O3. The molecule has 0 atom stereocenters. The van der Waals surface area contributed by atoms with Gasteiger partial charge in [0.05, 0.1) is 5.02 Å². The van der Waals surface area contributed by atoms with Gasteiger partial charge in [-0.25, -0.2) is 0 Å². The van der Waals surface area contributed by atoms with E-state index in [1.165, 1.54) is 0 Å². The van der Waals surface area contributed by atoms with Crippen molar-refractivity contribution >= 4 is 35.0 Å². The molecule has 0 aromatic heterocycles. The summed E-state index contributed by atoms with van der Waals surface area (Å²) in [6.07, 6.45) is 1.43. The minimum absolute atomic E-state index is 0.0581. The summed E-state index contributed by atoms with van der Waals surface area (Å²) in [5.74, 6) is 0.262. The molecule has 2 aromatic rings. The summed E-state index contributed by atoms with van der Waals surface area (Å²) >= 11 is 11.9. The van der Waals surface area contributed by atoms with Crippen molar-refractivity contribution in [3.63, 3.8) is 0 Å². The van der Waals surface area contributed by atoms with E-state index in [4.69, 9.17) is 27.9 Å². The predicted molar refractivity (Wildman–Crippen MR) is 110 cm³/mol. The molecule has 2 amide bonds. The van der Waals surface area contributed by atoms with Gasteiger partial charge < -0.3 is 15.0 Å². The van der Waals surface area contributed by atoms with E-state index >= 15 is 0 Å². The third-order valence-corrected chi connectivity index (χ3v) is 5.35. The Kier molecular flexibility index (Phi) is 6.81. The standard InChI is InChI=1S/C21H22Cl2N2O3/c1-14-4-2-3-5-17(14)21(27)24-16-8-10-25(11-9-16)20(26)13-28-19-7-6-15(22)12-18(19)23/h2-7,12,16H,8-11,13H2,1H3,(H,24,27). The number of rotatable bonds is 5. The van der Waals surface area contributed by atoms with Gasteiger partial charge in [0.15, 0.2) is 6.61 Å². The Morgan fingerprint density at radius 2 is 1.86 bits per heavy atom. The maximum absolute atomic E-state index is 12.4. The van der Waals surface area contributed by atoms with Gasteiger partial charge in [0, 0.05) is 29.7 Å². The molecule has 5 nitrogen and oxygen atoms in total. The fourth-order valence-corrected chi connectivity index (χ4v) is 3.65. The summed E-state index contributed by atoms with van der Waals surface area (Å²) in [6, 6.07) is 12.5. The highest BCUT2D eigenvalue weighted by Crippen LogP contribution is 2.27. The number of amides is 2. The van der Waals surface area contributed by atoms with Gasteiger partial charge in [0.2, 0.25) is 0 Å². The zero-order chi connectivity index (χ0) is 20.1. The maximum Gasteiger partial charge on any atom is 0.260 e. The molecule has 1 heterocycles. The second kappa shape index (κ2) is 9.30. The molecule has 1 N–H and O–H groups in total. The molecule has 2 aromatic carbocycles. The lowest BCUT2D eigenvalue weighted by atomic mass is 10.0. The number of carbonyl (C=O) groups excluding carboxylic acids is 2. The number of nitrogens with one attached hydrogen (secondary N) is 1. The van der Waals surface area contributed by atoms with E-state index in [1.54, 1.807) is 23.1 Å². The van der Waals surface area contributed by atoms with E-state index in [0.29, 0.717) is 47.3 Å². The fraction of sp³-hybridized carbons (Fsp3) is 0.333. The lowest BCUT2D eigenvalue weighted by Gasteiger charge is -2.32. The Balaban J connectivity index is 1.46. The number of halogens is 2. The van der Waals surface area contributed by atoms with Crippen molar-refractivity contribution in [3.05, 3.63) is 63.6 Å². The van der Waals surface area contributed by atoms with Crippen molar-refractivity contribution < 1.29 is 14.3 Å². The number of likely N-dealkylation sites (tertiary alicyclic amines) is 1. The normalized spacial score (nSPS) is 14.6. The highest BCUT2D eigenvalue weighted by molar-refractivity contribution is 6.35. The smallest absolute Gasteiger partial charge is 0.260 e. The second-order valence-corrected chi connectivity index (χ2v) is 7.65. The monoisotopic (exact) mass is 420 g/mol. The Hall–Kier alpha value is -2.24. The zero-order valence-corrected chi connectivity index (χ0v) is 17.1. The molecule has 0 unspecified atom stereocenters. The highest BCUT2D eigenvalue weighted by Gasteiger charge is 2.24. The Morgan fingerprint density at radius 3 is 2.54 bits per heavy atom. The van der Waals surface area contributed by atoms with Gasteiger partial charge in [0.1, 0.15) is 5.75 Å². The van der Waals surface area contributed by atoms with E-state index in [9.17, 15) is 9.59 Å². The summed E-state index contributed by atoms with van der Waals surface area (Å²) in [6.45, 7) is 3.00. The van der Waals surface area contributed by atoms with Crippen molar-refractivity contribution in [1.29, 1.82) is 0 Å². The first-order valence-electron chi connectivity index (χ1n) is 9.16. The van der Waals surface area contributed by atoms with Crippen LogP contribution in [-0.4, -0.2) is 42.5 Å². The van der Waals surface area contributed by atoms with Crippen LogP contribution in [0.5, 0.6) is 5.75 Å². The zero-order valence-electron chi connectivity index (χ0n) is 15.6. The number of ether oxygens (including phenoxy) is 1. The van der Waals surface area contributed by atoms with Gasteiger partial charge in [-0.3, -0.25) is 9.59 Å². The van der Waals surface area contributed by atoms with Gasteiger partial charge in [-0.05, 0) is 49.6 Å². The lowest BCUT2D eigenvalue weighted by molar-refractivity contribution is -0.134. The summed E-state index contributed by atoms with van der Waals surface area (Å²) in [7, 11) is 0. The fourth-order valence-electron chi connectivity index (χ4n) is 3.19. The third-order valence-electron chi connectivity index (χ3n) is 4.82. The quantitative estimate of drug-likeness (QED) is 0.791. The van der Waals surface area contributed by atoms with Crippen LogP contribution >= 0.6 is 23.2 Å². The van der Waals surface area contributed by atoms with Crippen molar-refractivity contribution in [2.24, 2.45) is 0 Å². The van der Waals surface area contributed by atoms with Gasteiger partial charge in [-0.2, -0.15) is 0 Å². The number of carbonyl (C=O) groups is 2.